The molecule has 0 aromatic heterocycles. The molecule has 1 aromatic rings. The van der Waals surface area contributed by atoms with Crippen LogP contribution in [0.2, 0.25) is 0 Å². The van der Waals surface area contributed by atoms with Gasteiger partial charge in [0, 0.05) is 25.7 Å². The summed E-state index contributed by atoms with van der Waals surface area (Å²) in [7, 11) is 0. The average Bonchev–Trinajstić information content (AvgIpc) is 3.14. The first-order chi connectivity index (χ1) is 12.2. The molecule has 1 spiro atoms. The molecule has 4 nitrogen and oxygen atoms in total. The van der Waals surface area contributed by atoms with E-state index in [9.17, 15) is 0 Å². The number of benzene rings is 1. The average molecular weight is 468 g/mol. The zero-order chi connectivity index (χ0) is 17.1. The molecule has 1 heterocycles. The van der Waals surface area contributed by atoms with Gasteiger partial charge < -0.3 is 11.1 Å². The van der Waals surface area contributed by atoms with Crippen molar-refractivity contribution in [2.24, 2.45) is 16.1 Å². The quantitative estimate of drug-likeness (QED) is 0.401. The molecule has 3 fully saturated rings. The van der Waals surface area contributed by atoms with Crippen LogP contribution in [0.1, 0.15) is 56.9 Å². The Kier molecular flexibility index (Phi) is 6.83. The van der Waals surface area contributed by atoms with Crippen LogP contribution >= 0.6 is 24.0 Å². The summed E-state index contributed by atoms with van der Waals surface area (Å²) in [6.07, 6.45) is 10.4. The standard InChI is InChI=1S/C21H32N4.HI/c22-20(24-19-8-13-21(19)11-4-5-12-21)23-18-9-14-25(15-10-18)16-17-6-2-1-3-7-17;/h1-3,6-7,18-19H,4-5,8-16H2,(H3,22,23,24);1H. The van der Waals surface area contributed by atoms with E-state index >= 15 is 0 Å². The molecular weight excluding hydrogens is 435 g/mol. The van der Waals surface area contributed by atoms with Crippen molar-refractivity contribution in [2.45, 2.75) is 70.0 Å². The fourth-order valence-corrected chi connectivity index (χ4v) is 5.04. The summed E-state index contributed by atoms with van der Waals surface area (Å²) >= 11 is 0. The van der Waals surface area contributed by atoms with Crippen LogP contribution in [0.15, 0.2) is 35.3 Å². The highest BCUT2D eigenvalue weighted by molar-refractivity contribution is 14.0. The van der Waals surface area contributed by atoms with Gasteiger partial charge in [0.2, 0.25) is 0 Å². The second kappa shape index (κ2) is 8.91. The van der Waals surface area contributed by atoms with Crippen LogP contribution in [0.25, 0.3) is 0 Å². The maximum absolute atomic E-state index is 6.25. The first-order valence-corrected chi connectivity index (χ1v) is 10.1. The van der Waals surface area contributed by atoms with Crippen molar-refractivity contribution in [1.82, 2.24) is 10.2 Å². The number of guanidine groups is 1. The van der Waals surface area contributed by atoms with Crippen molar-refractivity contribution in [3.63, 3.8) is 0 Å². The maximum Gasteiger partial charge on any atom is 0.189 e. The molecule has 2 saturated carbocycles. The molecule has 3 aliphatic rings. The molecule has 26 heavy (non-hydrogen) atoms. The smallest absolute Gasteiger partial charge is 0.189 e. The first kappa shape index (κ1) is 19.9. The fourth-order valence-electron chi connectivity index (χ4n) is 5.04. The first-order valence-electron chi connectivity index (χ1n) is 10.1. The van der Waals surface area contributed by atoms with Gasteiger partial charge in [-0.1, -0.05) is 43.2 Å². The van der Waals surface area contributed by atoms with Crippen LogP contribution in [0.3, 0.4) is 0 Å². The Balaban J connectivity index is 0.00000196. The lowest BCUT2D eigenvalue weighted by atomic mass is 9.63. The zero-order valence-corrected chi connectivity index (χ0v) is 18.0. The summed E-state index contributed by atoms with van der Waals surface area (Å²) in [5.74, 6) is 0.692. The SMILES string of the molecule is I.NC(=NC1CCC12CCCC2)NC1CCN(Cc2ccccc2)CC1. The molecule has 4 rings (SSSR count). The lowest BCUT2D eigenvalue weighted by molar-refractivity contribution is 0.104. The van der Waals surface area contributed by atoms with Crippen LogP contribution in [0.4, 0.5) is 0 Å². The number of aliphatic imine (C=N–C) groups is 1. The molecule has 0 radical (unpaired) electrons. The van der Waals surface area contributed by atoms with Crippen LogP contribution in [0.5, 0.6) is 0 Å². The van der Waals surface area contributed by atoms with E-state index in [1.807, 2.05) is 0 Å². The number of piperidine rings is 1. The number of halogens is 1. The van der Waals surface area contributed by atoms with Crippen molar-refractivity contribution in [2.75, 3.05) is 13.1 Å². The van der Waals surface area contributed by atoms with E-state index in [2.05, 4.69) is 40.5 Å². The van der Waals surface area contributed by atoms with Gasteiger partial charge in [0.15, 0.2) is 5.96 Å². The Morgan fingerprint density at radius 2 is 1.77 bits per heavy atom. The highest BCUT2D eigenvalue weighted by atomic mass is 127. The Labute approximate surface area is 175 Å². The van der Waals surface area contributed by atoms with E-state index in [-0.39, 0.29) is 24.0 Å². The minimum absolute atomic E-state index is 0. The molecular formula is C21H33IN4. The second-order valence-electron chi connectivity index (χ2n) is 8.32. The number of hydrogen-bond donors (Lipinski definition) is 2. The summed E-state index contributed by atoms with van der Waals surface area (Å²) < 4.78 is 0. The van der Waals surface area contributed by atoms with Crippen LogP contribution < -0.4 is 11.1 Å². The number of rotatable bonds is 4. The number of nitrogens with one attached hydrogen (secondary N) is 1. The van der Waals surface area contributed by atoms with Crippen LogP contribution in [-0.4, -0.2) is 36.0 Å². The molecule has 1 aliphatic heterocycles. The van der Waals surface area contributed by atoms with E-state index in [0.717, 1.165) is 32.5 Å². The Hall–Kier alpha value is -0.820. The largest absolute Gasteiger partial charge is 0.370 e. The Bertz CT molecular complexity index is 589. The number of hydrogen-bond acceptors (Lipinski definition) is 2. The number of nitrogens with two attached hydrogens (primary N) is 1. The Morgan fingerprint density at radius 3 is 2.38 bits per heavy atom. The van der Waals surface area contributed by atoms with Gasteiger partial charge in [-0.15, -0.1) is 24.0 Å². The highest BCUT2D eigenvalue weighted by Crippen LogP contribution is 2.54. The molecule has 0 amide bonds. The van der Waals surface area contributed by atoms with E-state index in [4.69, 9.17) is 10.7 Å². The van der Waals surface area contributed by atoms with E-state index < -0.39 is 0 Å². The molecule has 2 aliphatic carbocycles. The maximum atomic E-state index is 6.25. The van der Waals surface area contributed by atoms with Gasteiger partial charge in [0.1, 0.15) is 0 Å². The molecule has 1 aromatic carbocycles. The van der Waals surface area contributed by atoms with Gasteiger partial charge in [-0.25, -0.2) is 4.99 Å². The molecule has 3 N–H and O–H groups in total. The molecule has 5 heteroatoms. The van der Waals surface area contributed by atoms with Crippen LogP contribution in [-0.2, 0) is 6.54 Å². The third kappa shape index (κ3) is 4.53. The van der Waals surface area contributed by atoms with Crippen molar-refractivity contribution < 1.29 is 0 Å². The minimum atomic E-state index is 0. The van der Waals surface area contributed by atoms with Crippen molar-refractivity contribution in [1.29, 1.82) is 0 Å². The third-order valence-corrected chi connectivity index (χ3v) is 6.71. The minimum Gasteiger partial charge on any atom is -0.370 e. The predicted molar refractivity (Wildman–Crippen MR) is 119 cm³/mol. The van der Waals surface area contributed by atoms with Gasteiger partial charge in [-0.2, -0.15) is 0 Å². The lowest BCUT2D eigenvalue weighted by Crippen LogP contribution is -2.49. The summed E-state index contributed by atoms with van der Waals surface area (Å²) in [5.41, 5.74) is 8.17. The summed E-state index contributed by atoms with van der Waals surface area (Å²) in [6.45, 7) is 3.32. The van der Waals surface area contributed by atoms with Crippen molar-refractivity contribution >= 4 is 29.9 Å². The molecule has 1 saturated heterocycles. The molecule has 1 unspecified atom stereocenters. The second-order valence-corrected chi connectivity index (χ2v) is 8.32. The van der Waals surface area contributed by atoms with Gasteiger partial charge >= 0.3 is 0 Å². The summed E-state index contributed by atoms with van der Waals surface area (Å²) in [4.78, 5) is 7.41. The van der Waals surface area contributed by atoms with Crippen molar-refractivity contribution in [3.05, 3.63) is 35.9 Å². The zero-order valence-electron chi connectivity index (χ0n) is 15.7. The predicted octanol–water partition coefficient (Wildman–Crippen LogP) is 3.90. The Morgan fingerprint density at radius 1 is 1.08 bits per heavy atom. The molecule has 0 bridgehead atoms. The topological polar surface area (TPSA) is 53.6 Å². The van der Waals surface area contributed by atoms with Gasteiger partial charge in [0.05, 0.1) is 6.04 Å². The van der Waals surface area contributed by atoms with Crippen molar-refractivity contribution in [3.8, 4) is 0 Å². The summed E-state index contributed by atoms with van der Waals surface area (Å²) in [5, 5.41) is 3.51. The van der Waals surface area contributed by atoms with E-state index in [1.165, 1.54) is 44.1 Å². The number of nitrogens with zero attached hydrogens (tertiary/aromatic N) is 2. The summed E-state index contributed by atoms with van der Waals surface area (Å²) in [6, 6.07) is 11.7. The van der Waals surface area contributed by atoms with Crippen LogP contribution in [0, 0.1) is 5.41 Å². The van der Waals surface area contributed by atoms with Gasteiger partial charge in [-0.3, -0.25) is 4.90 Å². The highest BCUT2D eigenvalue weighted by Gasteiger charge is 2.48. The van der Waals surface area contributed by atoms with E-state index in [0.29, 0.717) is 23.5 Å². The monoisotopic (exact) mass is 468 g/mol. The molecule has 1 atom stereocenters. The fraction of sp³-hybridized carbons (Fsp3) is 0.667. The lowest BCUT2D eigenvalue weighted by Gasteiger charge is -2.45. The molecule has 144 valence electrons. The number of likely N-dealkylation sites (tertiary alicyclic amines) is 1. The normalized spacial score (nSPS) is 26.3. The van der Waals surface area contributed by atoms with Gasteiger partial charge in [0.25, 0.3) is 0 Å². The van der Waals surface area contributed by atoms with E-state index in [1.54, 1.807) is 0 Å². The third-order valence-electron chi connectivity index (χ3n) is 6.71. The van der Waals surface area contributed by atoms with Gasteiger partial charge in [-0.05, 0) is 49.5 Å².